The van der Waals surface area contributed by atoms with Crippen LogP contribution in [0.5, 0.6) is 0 Å². The largest absolute Gasteiger partial charge is 0.245 e. The van der Waals surface area contributed by atoms with Gasteiger partial charge >= 0.3 is 0 Å². The third-order valence-corrected chi connectivity index (χ3v) is 2.57. The van der Waals surface area contributed by atoms with Crippen LogP contribution in [0.4, 0.5) is 5.82 Å². The molecule has 0 fully saturated rings. The molecule has 0 bridgehead atoms. The predicted octanol–water partition coefficient (Wildman–Crippen LogP) is 3.73. The molecule has 14 heavy (non-hydrogen) atoms. The molecule has 0 aliphatic carbocycles. The van der Waals surface area contributed by atoms with Crippen LogP contribution < -0.4 is 0 Å². The summed E-state index contributed by atoms with van der Waals surface area (Å²) in [6.45, 7) is 11.5. The topological polar surface area (TPSA) is 25.2 Å². The maximum absolute atomic E-state index is 4.23. The molecule has 0 amide bonds. The number of alkyl halides is 1. The van der Waals surface area contributed by atoms with Crippen LogP contribution in [0.1, 0.15) is 25.0 Å². The van der Waals surface area contributed by atoms with Crippen LogP contribution in [0.25, 0.3) is 6.08 Å². The molecule has 0 saturated heterocycles. The van der Waals surface area contributed by atoms with E-state index in [9.17, 15) is 0 Å². The molecule has 0 aromatic carbocycles. The van der Waals surface area contributed by atoms with Gasteiger partial charge in [0.2, 0.25) is 0 Å². The Balaban J connectivity index is 3.27. The van der Waals surface area contributed by atoms with Crippen LogP contribution in [0.2, 0.25) is 0 Å². The summed E-state index contributed by atoms with van der Waals surface area (Å²) in [6.07, 6.45) is 3.59. The van der Waals surface area contributed by atoms with Gasteiger partial charge in [0.1, 0.15) is 0 Å². The molecule has 0 atom stereocenters. The first-order chi connectivity index (χ1) is 6.49. The molecule has 0 radical (unpaired) electrons. The number of rotatable bonds is 3. The Hall–Kier alpha value is -0.710. The van der Waals surface area contributed by atoms with Crippen LogP contribution in [0.3, 0.4) is 0 Å². The lowest BCUT2D eigenvalue weighted by atomic mass is 10.0. The third-order valence-electron chi connectivity index (χ3n) is 1.95. The Morgan fingerprint density at radius 3 is 2.64 bits per heavy atom. The normalized spacial score (nSPS) is 11.1. The van der Waals surface area contributed by atoms with Crippen LogP contribution in [-0.2, 0) is 3.42 Å². The fourth-order valence-electron chi connectivity index (χ4n) is 1.08. The highest BCUT2D eigenvalue weighted by atomic mass is 127. The Bertz CT molecular complexity index is 364. The molecule has 3 heteroatoms. The molecule has 1 heterocycles. The van der Waals surface area contributed by atoms with Gasteiger partial charge in [0, 0.05) is 15.2 Å². The van der Waals surface area contributed by atoms with E-state index >= 15 is 0 Å². The number of hydrogen-bond acceptors (Lipinski definition) is 2. The number of aromatic nitrogens is 1. The van der Waals surface area contributed by atoms with E-state index in [-0.39, 0.29) is 3.42 Å². The van der Waals surface area contributed by atoms with Crippen molar-refractivity contribution < 1.29 is 0 Å². The molecule has 1 rings (SSSR count). The van der Waals surface area contributed by atoms with E-state index in [1.807, 2.05) is 6.20 Å². The molecule has 0 aliphatic rings. The van der Waals surface area contributed by atoms with E-state index in [0.717, 1.165) is 5.56 Å². The van der Waals surface area contributed by atoms with Gasteiger partial charge in [-0.1, -0.05) is 35.2 Å². The Morgan fingerprint density at radius 2 is 2.21 bits per heavy atom. The van der Waals surface area contributed by atoms with E-state index < -0.39 is 0 Å². The lowest BCUT2D eigenvalue weighted by molar-refractivity contribution is 0.819. The molecule has 0 aliphatic heterocycles. The highest BCUT2D eigenvalue weighted by molar-refractivity contribution is 14.1. The number of pyridine rings is 1. The van der Waals surface area contributed by atoms with Gasteiger partial charge in [0.25, 0.3) is 0 Å². The van der Waals surface area contributed by atoms with Crippen LogP contribution >= 0.6 is 22.6 Å². The first kappa shape index (κ1) is 11.4. The lowest BCUT2D eigenvalue weighted by Gasteiger charge is -2.17. The molecule has 74 valence electrons. The lowest BCUT2D eigenvalue weighted by Crippen LogP contribution is -2.07. The molecular weight excluding hydrogens is 287 g/mol. The SMILES string of the molecule is C=Cc1cc(C(C)(C)I)cnc1N=C. The summed E-state index contributed by atoms with van der Waals surface area (Å²) in [5.41, 5.74) is 2.10. The van der Waals surface area contributed by atoms with Crippen molar-refractivity contribution >= 4 is 41.2 Å². The average Bonchev–Trinajstić information content (AvgIpc) is 2.15. The van der Waals surface area contributed by atoms with Crippen LogP contribution in [0.15, 0.2) is 23.8 Å². The number of nitrogens with zero attached hydrogens (tertiary/aromatic N) is 2. The summed E-state index contributed by atoms with van der Waals surface area (Å²) in [6, 6.07) is 2.05. The molecule has 1 aromatic rings. The van der Waals surface area contributed by atoms with Crippen molar-refractivity contribution in [1.29, 1.82) is 0 Å². The quantitative estimate of drug-likeness (QED) is 0.474. The van der Waals surface area contributed by atoms with Gasteiger partial charge in [-0.3, -0.25) is 0 Å². The minimum absolute atomic E-state index is 0.0716. The van der Waals surface area contributed by atoms with Crippen LogP contribution in [0, 0.1) is 0 Å². The van der Waals surface area contributed by atoms with Gasteiger partial charge in [-0.25, -0.2) is 9.98 Å². The van der Waals surface area contributed by atoms with Crippen molar-refractivity contribution in [2.24, 2.45) is 4.99 Å². The van der Waals surface area contributed by atoms with E-state index in [1.165, 1.54) is 5.56 Å². The van der Waals surface area contributed by atoms with Gasteiger partial charge in [-0.05, 0) is 32.2 Å². The number of halogens is 1. The van der Waals surface area contributed by atoms with Gasteiger partial charge in [-0.2, -0.15) is 0 Å². The van der Waals surface area contributed by atoms with Crippen molar-refractivity contribution in [2.75, 3.05) is 0 Å². The minimum Gasteiger partial charge on any atom is -0.245 e. The predicted molar refractivity (Wildman–Crippen MR) is 70.6 cm³/mol. The molecule has 0 saturated carbocycles. The summed E-state index contributed by atoms with van der Waals surface area (Å²) in [7, 11) is 0. The molecule has 0 N–H and O–H groups in total. The third kappa shape index (κ3) is 2.41. The zero-order chi connectivity index (χ0) is 10.8. The Labute approximate surface area is 98.3 Å². The number of hydrogen-bond donors (Lipinski definition) is 0. The highest BCUT2D eigenvalue weighted by Gasteiger charge is 2.17. The summed E-state index contributed by atoms with van der Waals surface area (Å²) in [5, 5.41) is 0. The molecule has 0 spiro atoms. The van der Waals surface area contributed by atoms with Crippen molar-refractivity contribution in [3.8, 4) is 0 Å². The standard InChI is InChI=1S/C11H13IN2/c1-5-8-6-9(11(2,3)12)7-14-10(8)13-4/h5-7H,1,4H2,2-3H3. The second-order valence-corrected chi connectivity index (χ2v) is 6.17. The van der Waals surface area contributed by atoms with E-state index in [2.05, 4.69) is 65.8 Å². The molecule has 0 unspecified atom stereocenters. The maximum atomic E-state index is 4.23. The van der Waals surface area contributed by atoms with Crippen LogP contribution in [-0.4, -0.2) is 11.7 Å². The summed E-state index contributed by atoms with van der Waals surface area (Å²) in [5.74, 6) is 0.643. The van der Waals surface area contributed by atoms with Crippen molar-refractivity contribution in [2.45, 2.75) is 17.3 Å². The van der Waals surface area contributed by atoms with Crippen molar-refractivity contribution in [3.05, 3.63) is 30.0 Å². The maximum Gasteiger partial charge on any atom is 0.158 e. The number of aliphatic imine (C=N–C) groups is 1. The van der Waals surface area contributed by atoms with Crippen molar-refractivity contribution in [3.63, 3.8) is 0 Å². The zero-order valence-corrected chi connectivity index (χ0v) is 10.6. The summed E-state index contributed by atoms with van der Waals surface area (Å²) >= 11 is 2.38. The minimum atomic E-state index is 0.0716. The average molecular weight is 300 g/mol. The van der Waals surface area contributed by atoms with E-state index in [4.69, 9.17) is 0 Å². The smallest absolute Gasteiger partial charge is 0.158 e. The Morgan fingerprint density at radius 1 is 1.57 bits per heavy atom. The first-order valence-corrected chi connectivity index (χ1v) is 5.35. The molecule has 1 aromatic heterocycles. The van der Waals surface area contributed by atoms with Gasteiger partial charge in [0.15, 0.2) is 5.82 Å². The highest BCUT2D eigenvalue weighted by Crippen LogP contribution is 2.32. The second kappa shape index (κ2) is 4.21. The van der Waals surface area contributed by atoms with E-state index in [1.54, 1.807) is 6.08 Å². The fourth-order valence-corrected chi connectivity index (χ4v) is 1.38. The van der Waals surface area contributed by atoms with Crippen molar-refractivity contribution in [1.82, 2.24) is 4.98 Å². The fraction of sp³-hybridized carbons (Fsp3) is 0.273. The first-order valence-electron chi connectivity index (χ1n) is 4.27. The van der Waals surface area contributed by atoms with Gasteiger partial charge in [-0.15, -0.1) is 0 Å². The summed E-state index contributed by atoms with van der Waals surface area (Å²) in [4.78, 5) is 8.06. The monoisotopic (exact) mass is 300 g/mol. The second-order valence-electron chi connectivity index (χ2n) is 3.47. The zero-order valence-electron chi connectivity index (χ0n) is 8.42. The van der Waals surface area contributed by atoms with Gasteiger partial charge in [0.05, 0.1) is 0 Å². The van der Waals surface area contributed by atoms with E-state index in [0.29, 0.717) is 5.82 Å². The Kier molecular flexibility index (Phi) is 3.42. The van der Waals surface area contributed by atoms with Gasteiger partial charge < -0.3 is 0 Å². The summed E-state index contributed by atoms with van der Waals surface area (Å²) < 4.78 is 0.0716. The molecule has 2 nitrogen and oxygen atoms in total. The molecular formula is C11H13IN2.